The molecule has 4 aromatic rings. The van der Waals surface area contributed by atoms with Gasteiger partial charge in [0.1, 0.15) is 11.4 Å². The summed E-state index contributed by atoms with van der Waals surface area (Å²) < 4.78 is 51.0. The summed E-state index contributed by atoms with van der Waals surface area (Å²) in [5, 5.41) is 7.22. The van der Waals surface area contributed by atoms with Crippen molar-refractivity contribution in [3.05, 3.63) is 88.6 Å². The Bertz CT molecular complexity index is 1830. The molecule has 2 N–H and O–H groups in total. The highest BCUT2D eigenvalue weighted by Crippen LogP contribution is 2.36. The molecule has 1 saturated heterocycles. The number of benzene rings is 3. The third kappa shape index (κ3) is 11.1. The first-order valence-corrected chi connectivity index (χ1v) is 17.4. The topological polar surface area (TPSA) is 88.1 Å². The van der Waals surface area contributed by atoms with Gasteiger partial charge in [-0.25, -0.2) is 4.79 Å². The van der Waals surface area contributed by atoms with Gasteiger partial charge in [-0.15, -0.1) is 13.2 Å². The number of halogens is 4. The first-order valence-electron chi connectivity index (χ1n) is 17.0. The summed E-state index contributed by atoms with van der Waals surface area (Å²) in [7, 11) is 0. The van der Waals surface area contributed by atoms with Crippen molar-refractivity contribution >= 4 is 34.5 Å². The maximum atomic E-state index is 13.1. The molecule has 13 heteroatoms. The maximum Gasteiger partial charge on any atom is 0.573 e. The molecular formula is C38H45ClF3N5O4. The minimum absolute atomic E-state index is 0.0182. The average Bonchev–Trinajstić information content (AvgIpc) is 3.40. The molecule has 5 rings (SSSR count). The smallest absolute Gasteiger partial charge is 0.444 e. The van der Waals surface area contributed by atoms with Crippen LogP contribution in [0.4, 0.5) is 18.0 Å². The van der Waals surface area contributed by atoms with Gasteiger partial charge in [0.05, 0.1) is 0 Å². The van der Waals surface area contributed by atoms with Gasteiger partial charge in [0.25, 0.3) is 0 Å². The lowest BCUT2D eigenvalue weighted by Gasteiger charge is -2.35. The molecule has 0 saturated carbocycles. The molecular weight excluding hydrogens is 683 g/mol. The van der Waals surface area contributed by atoms with Crippen molar-refractivity contribution in [1.82, 2.24) is 25.0 Å². The van der Waals surface area contributed by atoms with Crippen molar-refractivity contribution in [2.45, 2.75) is 72.3 Å². The van der Waals surface area contributed by atoms with Crippen LogP contribution in [-0.4, -0.2) is 71.1 Å². The molecule has 0 bridgehead atoms. The van der Waals surface area contributed by atoms with E-state index < -0.39 is 18.1 Å². The summed E-state index contributed by atoms with van der Waals surface area (Å²) in [6.45, 7) is 12.9. The van der Waals surface area contributed by atoms with Gasteiger partial charge >= 0.3 is 12.5 Å². The van der Waals surface area contributed by atoms with E-state index in [4.69, 9.17) is 16.3 Å². The predicted octanol–water partition coefficient (Wildman–Crippen LogP) is 7.73. The van der Waals surface area contributed by atoms with Crippen LogP contribution in [0.5, 0.6) is 5.75 Å². The lowest BCUT2D eigenvalue weighted by Crippen LogP contribution is -2.45. The van der Waals surface area contributed by atoms with E-state index in [0.29, 0.717) is 30.6 Å². The number of carbonyl (C=O) groups is 2. The molecule has 2 heterocycles. The van der Waals surface area contributed by atoms with Crippen LogP contribution in [0.15, 0.2) is 66.9 Å². The quantitative estimate of drug-likeness (QED) is 0.145. The van der Waals surface area contributed by atoms with Crippen molar-refractivity contribution in [1.29, 1.82) is 0 Å². The summed E-state index contributed by atoms with van der Waals surface area (Å²) in [5.74, 6) is -0.671. The standard InChI is InChI=1S/C38H45ClF3N5O4/c1-26(48)44-22-29-21-30(50-38(40,41)42)11-12-31(29)33-25-47(15-7-14-43-36(49)51-37(2,3)4)35-13-10-27(20-32(33)35)23-45-16-18-46(19-17-45)24-28-8-5-6-9-34(28)39/h5-6,8-13,20-21,25H,7,14-19,22-24H2,1-4H3,(H,43,49)(H,44,48). The molecule has 2 amide bonds. The maximum absolute atomic E-state index is 13.1. The summed E-state index contributed by atoms with van der Waals surface area (Å²) in [5.41, 5.74) is 4.54. The molecule has 1 aliphatic heterocycles. The number of hydrogen-bond donors (Lipinski definition) is 2. The van der Waals surface area contributed by atoms with Gasteiger partial charge in [-0.05, 0) is 79.8 Å². The Morgan fingerprint density at radius 3 is 2.24 bits per heavy atom. The van der Waals surface area contributed by atoms with E-state index in [1.165, 1.54) is 19.1 Å². The van der Waals surface area contributed by atoms with Crippen LogP contribution in [0, 0.1) is 0 Å². The monoisotopic (exact) mass is 727 g/mol. The molecule has 0 atom stereocenters. The van der Waals surface area contributed by atoms with Crippen LogP contribution in [0.2, 0.25) is 5.02 Å². The summed E-state index contributed by atoms with van der Waals surface area (Å²) in [4.78, 5) is 28.8. The fourth-order valence-electron chi connectivity index (χ4n) is 6.22. The number of nitrogens with one attached hydrogen (secondary N) is 2. The number of rotatable bonds is 12. The third-order valence-electron chi connectivity index (χ3n) is 8.54. The predicted molar refractivity (Wildman–Crippen MR) is 192 cm³/mol. The van der Waals surface area contributed by atoms with Gasteiger partial charge in [0.15, 0.2) is 0 Å². The zero-order valence-corrected chi connectivity index (χ0v) is 30.2. The number of carbonyl (C=O) groups excluding carboxylic acids is 2. The SMILES string of the molecule is CC(=O)NCc1cc(OC(F)(F)F)ccc1-c1cn(CCCNC(=O)OC(C)(C)C)c2ccc(CN3CCN(Cc4ccccc4Cl)CC3)cc12. The lowest BCUT2D eigenvalue weighted by atomic mass is 9.97. The van der Waals surface area contributed by atoms with Gasteiger partial charge in [-0.1, -0.05) is 41.9 Å². The average molecular weight is 728 g/mol. The third-order valence-corrected chi connectivity index (χ3v) is 8.91. The zero-order chi connectivity index (χ0) is 36.8. The number of fused-ring (bicyclic) bond motifs is 1. The minimum Gasteiger partial charge on any atom is -0.444 e. The van der Waals surface area contributed by atoms with Crippen LogP contribution in [-0.2, 0) is 35.7 Å². The number of ether oxygens (including phenoxy) is 2. The highest BCUT2D eigenvalue weighted by Gasteiger charge is 2.31. The normalized spacial score (nSPS) is 14.4. The number of aryl methyl sites for hydroxylation is 1. The van der Waals surface area contributed by atoms with Crippen molar-refractivity contribution < 1.29 is 32.2 Å². The Labute approximate surface area is 301 Å². The molecule has 0 radical (unpaired) electrons. The van der Waals surface area contributed by atoms with Crippen LogP contribution in [0.25, 0.3) is 22.0 Å². The molecule has 9 nitrogen and oxygen atoms in total. The van der Waals surface area contributed by atoms with E-state index in [1.54, 1.807) is 26.8 Å². The molecule has 0 spiro atoms. The molecule has 1 aliphatic rings. The van der Waals surface area contributed by atoms with Gasteiger partial charge in [-0.2, -0.15) is 0 Å². The van der Waals surface area contributed by atoms with E-state index in [-0.39, 0.29) is 18.2 Å². The number of piperazine rings is 1. The first-order chi connectivity index (χ1) is 24.1. The van der Waals surface area contributed by atoms with Crippen LogP contribution in [0.3, 0.4) is 0 Å². The Morgan fingerprint density at radius 2 is 1.57 bits per heavy atom. The Balaban J connectivity index is 1.39. The highest BCUT2D eigenvalue weighted by atomic mass is 35.5. The fourth-order valence-corrected chi connectivity index (χ4v) is 6.42. The lowest BCUT2D eigenvalue weighted by molar-refractivity contribution is -0.274. The number of alkyl halides is 3. The Hall–Kier alpha value is -4.26. The molecule has 1 aromatic heterocycles. The minimum atomic E-state index is -4.86. The number of hydrogen-bond acceptors (Lipinski definition) is 6. The van der Waals surface area contributed by atoms with Crippen molar-refractivity contribution in [3.63, 3.8) is 0 Å². The van der Waals surface area contributed by atoms with Crippen molar-refractivity contribution in [2.24, 2.45) is 0 Å². The van der Waals surface area contributed by atoms with Crippen LogP contribution in [0.1, 0.15) is 50.8 Å². The molecule has 0 unspecified atom stereocenters. The highest BCUT2D eigenvalue weighted by molar-refractivity contribution is 6.31. The second kappa shape index (κ2) is 16.4. The molecule has 3 aromatic carbocycles. The number of alkyl carbamates (subject to hydrolysis) is 1. The molecule has 274 valence electrons. The first kappa shape index (κ1) is 38.0. The largest absolute Gasteiger partial charge is 0.573 e. The van der Waals surface area contributed by atoms with Gasteiger partial charge in [-0.3, -0.25) is 14.6 Å². The number of amides is 2. The summed E-state index contributed by atoms with van der Waals surface area (Å²) in [6, 6.07) is 18.4. The Kier molecular flexibility index (Phi) is 12.2. The number of nitrogens with zero attached hydrogens (tertiary/aromatic N) is 3. The Morgan fingerprint density at radius 1 is 0.863 bits per heavy atom. The van der Waals surface area contributed by atoms with E-state index in [1.807, 2.05) is 24.4 Å². The van der Waals surface area contributed by atoms with E-state index in [2.05, 4.69) is 54.0 Å². The van der Waals surface area contributed by atoms with Crippen molar-refractivity contribution in [3.8, 4) is 16.9 Å². The van der Waals surface area contributed by atoms with Crippen LogP contribution >= 0.6 is 11.6 Å². The van der Waals surface area contributed by atoms with Gasteiger partial charge in [0, 0.05) is 93.5 Å². The van der Waals surface area contributed by atoms with Crippen LogP contribution < -0.4 is 15.4 Å². The van der Waals surface area contributed by atoms with E-state index in [0.717, 1.165) is 71.9 Å². The van der Waals surface area contributed by atoms with E-state index >= 15 is 0 Å². The molecule has 1 fully saturated rings. The van der Waals surface area contributed by atoms with Crippen molar-refractivity contribution in [2.75, 3.05) is 32.7 Å². The van der Waals surface area contributed by atoms with Gasteiger partial charge in [0.2, 0.25) is 5.91 Å². The van der Waals surface area contributed by atoms with E-state index in [9.17, 15) is 22.8 Å². The zero-order valence-electron chi connectivity index (χ0n) is 29.4. The summed E-state index contributed by atoms with van der Waals surface area (Å²) >= 11 is 6.40. The summed E-state index contributed by atoms with van der Waals surface area (Å²) in [6.07, 6.45) is -2.75. The number of aromatic nitrogens is 1. The second-order valence-corrected chi connectivity index (χ2v) is 14.2. The molecule has 0 aliphatic carbocycles. The second-order valence-electron chi connectivity index (χ2n) is 13.8. The van der Waals surface area contributed by atoms with Gasteiger partial charge < -0.3 is 24.7 Å². The molecule has 51 heavy (non-hydrogen) atoms. The fraction of sp³-hybridized carbons (Fsp3) is 0.421.